The van der Waals surface area contributed by atoms with Crippen LogP contribution in [0.25, 0.3) is 11.1 Å². The number of rotatable bonds is 9. The van der Waals surface area contributed by atoms with Crippen molar-refractivity contribution in [1.29, 1.82) is 0 Å². The monoisotopic (exact) mass is 478 g/mol. The summed E-state index contributed by atoms with van der Waals surface area (Å²) in [4.78, 5) is 35.2. The van der Waals surface area contributed by atoms with Crippen LogP contribution in [0.15, 0.2) is 48.5 Å². The van der Waals surface area contributed by atoms with Gasteiger partial charge < -0.3 is 20.5 Å². The molecule has 0 aromatic heterocycles. The number of amides is 2. The number of halogens is 3. The van der Waals surface area contributed by atoms with Crippen molar-refractivity contribution in [3.63, 3.8) is 0 Å². The lowest BCUT2D eigenvalue weighted by Gasteiger charge is -2.20. The van der Waals surface area contributed by atoms with Gasteiger partial charge in [-0.3, -0.25) is 9.59 Å². The van der Waals surface area contributed by atoms with Gasteiger partial charge in [-0.15, -0.1) is 0 Å². The van der Waals surface area contributed by atoms with Gasteiger partial charge in [-0.2, -0.15) is 13.2 Å². The average molecular weight is 478 g/mol. The minimum Gasteiger partial charge on any atom is -0.481 e. The van der Waals surface area contributed by atoms with Gasteiger partial charge in [0.05, 0.1) is 0 Å². The number of carbonyl (C=O) groups is 3. The fourth-order valence-electron chi connectivity index (χ4n) is 3.96. The van der Waals surface area contributed by atoms with Crippen molar-refractivity contribution in [2.45, 2.75) is 37.9 Å². The smallest absolute Gasteiger partial charge is 0.407 e. The average Bonchev–Trinajstić information content (AvgIpc) is 3.10. The molecule has 0 bridgehead atoms. The number of alkyl carbamates (subject to hydrolysis) is 1. The highest BCUT2D eigenvalue weighted by Crippen LogP contribution is 2.44. The summed E-state index contributed by atoms with van der Waals surface area (Å²) in [5.74, 6) is -5.72. The van der Waals surface area contributed by atoms with Gasteiger partial charge in [-0.05, 0) is 28.7 Å². The van der Waals surface area contributed by atoms with Gasteiger partial charge in [0, 0.05) is 24.9 Å². The summed E-state index contributed by atoms with van der Waals surface area (Å²) in [6, 6.07) is 15.0. The third-order valence-electron chi connectivity index (χ3n) is 5.79. The Balaban J connectivity index is 1.53. The molecule has 3 rings (SSSR count). The number of hydrogen-bond donors (Lipinski definition) is 3. The molecule has 182 valence electrons. The lowest BCUT2D eigenvalue weighted by atomic mass is 9.98. The molecule has 0 radical (unpaired) electrons. The second kappa shape index (κ2) is 10.6. The Kier molecular flexibility index (Phi) is 7.80. The zero-order valence-electron chi connectivity index (χ0n) is 18.4. The molecule has 0 fully saturated rings. The van der Waals surface area contributed by atoms with Crippen LogP contribution in [0.4, 0.5) is 18.0 Å². The van der Waals surface area contributed by atoms with Crippen LogP contribution < -0.4 is 10.6 Å². The molecule has 1 aliphatic carbocycles. The fourth-order valence-corrected chi connectivity index (χ4v) is 3.96. The molecule has 0 aliphatic heterocycles. The first kappa shape index (κ1) is 25.1. The maximum atomic E-state index is 12.7. The number of benzene rings is 2. The molecule has 2 aromatic carbocycles. The van der Waals surface area contributed by atoms with Crippen LogP contribution in [0.3, 0.4) is 0 Å². The van der Waals surface area contributed by atoms with E-state index in [0.29, 0.717) is 6.42 Å². The molecule has 34 heavy (non-hydrogen) atoms. The second-order valence-corrected chi connectivity index (χ2v) is 8.02. The third-order valence-corrected chi connectivity index (χ3v) is 5.79. The van der Waals surface area contributed by atoms with Crippen molar-refractivity contribution in [3.8, 4) is 11.1 Å². The topological polar surface area (TPSA) is 105 Å². The number of carboxylic acids is 1. The summed E-state index contributed by atoms with van der Waals surface area (Å²) in [7, 11) is 0. The van der Waals surface area contributed by atoms with Crippen LogP contribution in [0.1, 0.15) is 36.8 Å². The van der Waals surface area contributed by atoms with E-state index < -0.39 is 42.7 Å². The highest BCUT2D eigenvalue weighted by Gasteiger charge is 2.45. The zero-order chi connectivity index (χ0) is 24.9. The minimum absolute atomic E-state index is 0.0777. The van der Waals surface area contributed by atoms with Gasteiger partial charge in [0.15, 0.2) is 5.92 Å². The van der Waals surface area contributed by atoms with E-state index in [0.717, 1.165) is 22.3 Å². The summed E-state index contributed by atoms with van der Waals surface area (Å²) in [6.07, 6.45) is -5.73. The highest BCUT2D eigenvalue weighted by molar-refractivity contribution is 5.80. The van der Waals surface area contributed by atoms with Crippen molar-refractivity contribution in [2.75, 3.05) is 13.2 Å². The summed E-state index contributed by atoms with van der Waals surface area (Å²) in [5.41, 5.74) is 4.24. The normalized spacial score (nSPS) is 14.5. The molecule has 0 spiro atoms. The quantitative estimate of drug-likeness (QED) is 0.504. The summed E-state index contributed by atoms with van der Waals surface area (Å²) in [5, 5.41) is 13.2. The first-order valence-electron chi connectivity index (χ1n) is 10.8. The zero-order valence-corrected chi connectivity index (χ0v) is 18.4. The number of alkyl halides is 3. The van der Waals surface area contributed by atoms with Crippen LogP contribution in [-0.4, -0.2) is 48.4 Å². The van der Waals surface area contributed by atoms with Crippen molar-refractivity contribution < 1.29 is 37.4 Å². The largest absolute Gasteiger partial charge is 0.481 e. The molecule has 10 heteroatoms. The predicted molar refractivity (Wildman–Crippen MR) is 117 cm³/mol. The van der Waals surface area contributed by atoms with Gasteiger partial charge >= 0.3 is 18.2 Å². The van der Waals surface area contributed by atoms with E-state index in [1.807, 2.05) is 53.8 Å². The molecule has 3 N–H and O–H groups in total. The van der Waals surface area contributed by atoms with Gasteiger partial charge in [0.1, 0.15) is 6.61 Å². The molecular formula is C24H25F3N2O5. The molecular weight excluding hydrogens is 453 g/mol. The number of fused-ring (bicyclic) bond motifs is 3. The Bertz CT molecular complexity index is 1010. The van der Waals surface area contributed by atoms with Crippen molar-refractivity contribution in [1.82, 2.24) is 10.6 Å². The predicted octanol–water partition coefficient (Wildman–Crippen LogP) is 4.07. The van der Waals surface area contributed by atoms with Crippen LogP contribution in [0.2, 0.25) is 0 Å². The Morgan fingerprint density at radius 3 is 2.09 bits per heavy atom. The molecule has 7 nitrogen and oxygen atoms in total. The number of carboxylic acid groups (broad SMARTS) is 1. The van der Waals surface area contributed by atoms with Crippen LogP contribution in [-0.2, 0) is 14.3 Å². The maximum Gasteiger partial charge on any atom is 0.407 e. The number of aliphatic carboxylic acids is 1. The number of carbonyl (C=O) groups excluding carboxylic acids is 2. The van der Waals surface area contributed by atoms with E-state index in [4.69, 9.17) is 9.84 Å². The molecule has 2 atom stereocenters. The summed E-state index contributed by atoms with van der Waals surface area (Å²) >= 11 is 0. The van der Waals surface area contributed by atoms with E-state index in [2.05, 4.69) is 5.32 Å². The Morgan fingerprint density at radius 2 is 1.59 bits per heavy atom. The molecule has 0 heterocycles. The third kappa shape index (κ3) is 5.86. The molecule has 2 aromatic rings. The first-order valence-corrected chi connectivity index (χ1v) is 10.8. The van der Waals surface area contributed by atoms with Gasteiger partial charge in [0.25, 0.3) is 0 Å². The first-order chi connectivity index (χ1) is 16.1. The van der Waals surface area contributed by atoms with Crippen molar-refractivity contribution >= 4 is 18.0 Å². The van der Waals surface area contributed by atoms with E-state index in [1.165, 1.54) is 0 Å². The lowest BCUT2D eigenvalue weighted by Crippen LogP contribution is -2.43. The van der Waals surface area contributed by atoms with E-state index in [9.17, 15) is 27.6 Å². The molecule has 0 saturated heterocycles. The highest BCUT2D eigenvalue weighted by atomic mass is 19.4. The molecule has 1 aliphatic rings. The van der Waals surface area contributed by atoms with Gasteiger partial charge in [-0.1, -0.05) is 55.5 Å². The lowest BCUT2D eigenvalue weighted by molar-refractivity contribution is -0.192. The van der Waals surface area contributed by atoms with Gasteiger partial charge in [-0.25, -0.2) is 4.79 Å². The van der Waals surface area contributed by atoms with Crippen LogP contribution in [0, 0.1) is 5.92 Å². The molecule has 1 unspecified atom stereocenters. The van der Waals surface area contributed by atoms with Crippen LogP contribution in [0.5, 0.6) is 0 Å². The van der Waals surface area contributed by atoms with Crippen molar-refractivity contribution in [3.05, 3.63) is 59.7 Å². The van der Waals surface area contributed by atoms with E-state index in [-0.39, 0.29) is 18.9 Å². The van der Waals surface area contributed by atoms with E-state index >= 15 is 0 Å². The minimum atomic E-state index is -4.98. The van der Waals surface area contributed by atoms with Crippen LogP contribution >= 0.6 is 0 Å². The number of nitrogens with one attached hydrogen (secondary N) is 2. The Hall–Kier alpha value is -3.56. The Morgan fingerprint density at radius 1 is 1.03 bits per heavy atom. The summed E-state index contributed by atoms with van der Waals surface area (Å²) < 4.78 is 43.6. The molecule has 2 amide bonds. The fraction of sp³-hybridized carbons (Fsp3) is 0.375. The SMILES string of the molecule is CC[C@H](CC(=O)NCC(C(=O)O)C(F)(F)F)NC(=O)OCC1c2ccccc2-c2ccccc21. The van der Waals surface area contributed by atoms with E-state index in [1.54, 1.807) is 6.92 Å². The van der Waals surface area contributed by atoms with Gasteiger partial charge in [0.2, 0.25) is 5.91 Å². The number of hydrogen-bond acceptors (Lipinski definition) is 4. The standard InChI is InChI=1S/C24H25F3N2O5/c1-2-14(11-21(30)28-12-20(22(31)32)24(25,26)27)29-23(33)34-13-19-17-9-5-3-7-15(17)16-8-4-6-10-18(16)19/h3-10,14,19-20H,2,11-13H2,1H3,(H,28,30)(H,29,33)(H,31,32)/t14-,20?/m1/s1. The van der Waals surface area contributed by atoms with Crippen molar-refractivity contribution in [2.24, 2.45) is 5.92 Å². The second-order valence-electron chi connectivity index (χ2n) is 8.02. The number of ether oxygens (including phenoxy) is 1. The maximum absolute atomic E-state index is 12.7. The summed E-state index contributed by atoms with van der Waals surface area (Å²) in [6.45, 7) is 0.685. The molecule has 0 saturated carbocycles. The Labute approximate surface area is 194 Å².